The number of para-hydroxylation sites is 1. The Morgan fingerprint density at radius 1 is 1.19 bits per heavy atom. The van der Waals surface area contributed by atoms with E-state index in [1.807, 2.05) is 42.7 Å². The van der Waals surface area contributed by atoms with Crippen molar-refractivity contribution < 1.29 is 14.4 Å². The van der Waals surface area contributed by atoms with E-state index < -0.39 is 0 Å². The molecule has 138 valence electrons. The molecule has 0 aliphatic carbocycles. The standard InChI is InChI=1S/C20H25N3O2S/c1-25-17-7-5-6-16(14-17)23-12-10-22(11-13-23)15-20(24)21-18-8-3-4-9-19(18)26-2/h3-9,14H,10-13,15H2,1-2H3,(H,21,24)/p+1. The first-order valence-corrected chi connectivity index (χ1v) is 10.1. The number of anilines is 2. The Labute approximate surface area is 159 Å². The molecule has 1 aliphatic heterocycles. The topological polar surface area (TPSA) is 46.0 Å². The van der Waals surface area contributed by atoms with Gasteiger partial charge in [-0.05, 0) is 30.5 Å². The van der Waals surface area contributed by atoms with Crippen molar-refractivity contribution in [1.82, 2.24) is 0 Å². The van der Waals surface area contributed by atoms with Crippen LogP contribution in [0.4, 0.5) is 11.4 Å². The highest BCUT2D eigenvalue weighted by molar-refractivity contribution is 7.98. The van der Waals surface area contributed by atoms with Crippen molar-refractivity contribution in [2.75, 3.05) is 56.3 Å². The van der Waals surface area contributed by atoms with E-state index in [-0.39, 0.29) is 5.91 Å². The molecule has 2 aromatic carbocycles. The fourth-order valence-electron chi connectivity index (χ4n) is 3.23. The minimum Gasteiger partial charge on any atom is -0.497 e. The average molecular weight is 373 g/mol. The van der Waals surface area contributed by atoms with Crippen LogP contribution < -0.4 is 19.9 Å². The van der Waals surface area contributed by atoms with Crippen molar-refractivity contribution in [1.29, 1.82) is 0 Å². The van der Waals surface area contributed by atoms with Gasteiger partial charge in [-0.1, -0.05) is 18.2 Å². The van der Waals surface area contributed by atoms with Crippen LogP contribution in [-0.2, 0) is 4.79 Å². The largest absolute Gasteiger partial charge is 0.497 e. The van der Waals surface area contributed by atoms with Crippen LogP contribution in [0.3, 0.4) is 0 Å². The summed E-state index contributed by atoms with van der Waals surface area (Å²) < 4.78 is 5.31. The summed E-state index contributed by atoms with van der Waals surface area (Å²) in [6.45, 7) is 4.30. The zero-order valence-corrected chi connectivity index (χ0v) is 16.1. The van der Waals surface area contributed by atoms with Crippen LogP contribution in [0.5, 0.6) is 5.75 Å². The molecule has 26 heavy (non-hydrogen) atoms. The summed E-state index contributed by atoms with van der Waals surface area (Å²) in [7, 11) is 1.69. The fraction of sp³-hybridized carbons (Fsp3) is 0.350. The highest BCUT2D eigenvalue weighted by Crippen LogP contribution is 2.24. The van der Waals surface area contributed by atoms with E-state index in [9.17, 15) is 4.79 Å². The third-order valence-electron chi connectivity index (χ3n) is 4.68. The highest BCUT2D eigenvalue weighted by atomic mass is 32.2. The molecule has 0 unspecified atom stereocenters. The Balaban J connectivity index is 1.51. The monoisotopic (exact) mass is 372 g/mol. The molecule has 0 aromatic heterocycles. The number of thioether (sulfide) groups is 1. The number of ether oxygens (including phenoxy) is 1. The van der Waals surface area contributed by atoms with Crippen molar-refractivity contribution in [3.8, 4) is 5.75 Å². The summed E-state index contributed by atoms with van der Waals surface area (Å²) >= 11 is 1.65. The number of hydrogen-bond acceptors (Lipinski definition) is 4. The van der Waals surface area contributed by atoms with Crippen molar-refractivity contribution in [3.05, 3.63) is 48.5 Å². The van der Waals surface area contributed by atoms with Gasteiger partial charge in [-0.3, -0.25) is 4.79 Å². The van der Waals surface area contributed by atoms with Gasteiger partial charge in [0.1, 0.15) is 5.75 Å². The van der Waals surface area contributed by atoms with Crippen LogP contribution in [0.15, 0.2) is 53.4 Å². The third-order valence-corrected chi connectivity index (χ3v) is 5.48. The Morgan fingerprint density at radius 2 is 1.96 bits per heavy atom. The Bertz CT molecular complexity index is 745. The summed E-state index contributed by atoms with van der Waals surface area (Å²) in [6, 6.07) is 16.1. The van der Waals surface area contributed by atoms with Gasteiger partial charge < -0.3 is 19.9 Å². The van der Waals surface area contributed by atoms with Crippen LogP contribution in [0, 0.1) is 0 Å². The number of nitrogens with zero attached hydrogens (tertiary/aromatic N) is 1. The summed E-state index contributed by atoms with van der Waals surface area (Å²) in [6.07, 6.45) is 2.02. The molecule has 1 aliphatic rings. The first kappa shape index (κ1) is 18.6. The number of nitrogens with one attached hydrogen (secondary N) is 2. The maximum atomic E-state index is 12.4. The van der Waals surface area contributed by atoms with Gasteiger partial charge in [-0.2, -0.15) is 0 Å². The summed E-state index contributed by atoms with van der Waals surface area (Å²) in [5.41, 5.74) is 2.08. The maximum Gasteiger partial charge on any atom is 0.279 e. The molecule has 1 heterocycles. The lowest BCUT2D eigenvalue weighted by Crippen LogP contribution is -3.15. The second-order valence-electron chi connectivity index (χ2n) is 6.36. The summed E-state index contributed by atoms with van der Waals surface area (Å²) in [4.78, 5) is 17.2. The Morgan fingerprint density at radius 3 is 2.69 bits per heavy atom. The third kappa shape index (κ3) is 4.71. The summed E-state index contributed by atoms with van der Waals surface area (Å²) in [5.74, 6) is 0.959. The Kier molecular flexibility index (Phi) is 6.41. The van der Waals surface area contributed by atoms with Crippen LogP contribution >= 0.6 is 11.8 Å². The number of amides is 1. The van der Waals surface area contributed by atoms with E-state index in [1.165, 1.54) is 10.6 Å². The average Bonchev–Trinajstić information content (AvgIpc) is 2.69. The lowest BCUT2D eigenvalue weighted by Gasteiger charge is -2.33. The molecule has 0 bridgehead atoms. The van der Waals surface area contributed by atoms with Crippen molar-refractivity contribution in [2.24, 2.45) is 0 Å². The van der Waals surface area contributed by atoms with E-state index in [1.54, 1.807) is 18.9 Å². The fourth-order valence-corrected chi connectivity index (χ4v) is 3.79. The van der Waals surface area contributed by atoms with Gasteiger partial charge >= 0.3 is 0 Å². The lowest BCUT2D eigenvalue weighted by molar-refractivity contribution is -0.892. The lowest BCUT2D eigenvalue weighted by atomic mass is 10.2. The van der Waals surface area contributed by atoms with E-state index in [0.717, 1.165) is 42.5 Å². The first-order chi connectivity index (χ1) is 12.7. The number of quaternary nitrogens is 1. The number of rotatable bonds is 6. The molecule has 0 spiro atoms. The minimum atomic E-state index is 0.0799. The van der Waals surface area contributed by atoms with Gasteiger partial charge in [0.15, 0.2) is 6.54 Å². The van der Waals surface area contributed by atoms with Gasteiger partial charge in [0.05, 0.1) is 39.0 Å². The van der Waals surface area contributed by atoms with Crippen molar-refractivity contribution in [3.63, 3.8) is 0 Å². The van der Waals surface area contributed by atoms with Crippen LogP contribution in [-0.4, -0.2) is 52.0 Å². The summed E-state index contributed by atoms with van der Waals surface area (Å²) in [5, 5.41) is 3.06. The second-order valence-corrected chi connectivity index (χ2v) is 7.21. The van der Waals surface area contributed by atoms with Gasteiger partial charge in [0.25, 0.3) is 5.91 Å². The molecule has 1 fully saturated rings. The Hall–Kier alpha value is -2.18. The zero-order valence-electron chi connectivity index (χ0n) is 15.3. The molecule has 2 aromatic rings. The number of piperazine rings is 1. The molecule has 0 atom stereocenters. The van der Waals surface area contributed by atoms with Gasteiger partial charge in [0.2, 0.25) is 0 Å². The van der Waals surface area contributed by atoms with Crippen LogP contribution in [0.2, 0.25) is 0 Å². The zero-order chi connectivity index (χ0) is 18.4. The van der Waals surface area contributed by atoms with Crippen LogP contribution in [0.25, 0.3) is 0 Å². The predicted octanol–water partition coefficient (Wildman–Crippen LogP) is 1.76. The minimum absolute atomic E-state index is 0.0799. The van der Waals surface area contributed by atoms with Gasteiger partial charge in [-0.15, -0.1) is 11.8 Å². The first-order valence-electron chi connectivity index (χ1n) is 8.85. The number of carbonyl (C=O) groups is 1. The maximum absolute atomic E-state index is 12.4. The second kappa shape index (κ2) is 8.96. The molecule has 5 nitrogen and oxygen atoms in total. The predicted molar refractivity (Wildman–Crippen MR) is 108 cm³/mol. The normalized spacial score (nSPS) is 14.9. The van der Waals surface area contributed by atoms with E-state index in [4.69, 9.17) is 4.74 Å². The molecule has 1 amide bonds. The van der Waals surface area contributed by atoms with E-state index >= 15 is 0 Å². The molecular weight excluding hydrogens is 346 g/mol. The molecular formula is C20H26N3O2S+. The number of hydrogen-bond donors (Lipinski definition) is 2. The molecule has 0 radical (unpaired) electrons. The van der Waals surface area contributed by atoms with Crippen molar-refractivity contribution in [2.45, 2.75) is 4.90 Å². The molecule has 3 rings (SSSR count). The molecule has 2 N–H and O–H groups in total. The highest BCUT2D eigenvalue weighted by Gasteiger charge is 2.22. The molecule has 6 heteroatoms. The molecule has 0 saturated carbocycles. The quantitative estimate of drug-likeness (QED) is 0.759. The van der Waals surface area contributed by atoms with E-state index in [0.29, 0.717) is 6.54 Å². The van der Waals surface area contributed by atoms with E-state index in [2.05, 4.69) is 22.3 Å². The van der Waals surface area contributed by atoms with Crippen molar-refractivity contribution >= 4 is 29.0 Å². The van der Waals surface area contributed by atoms with Crippen LogP contribution in [0.1, 0.15) is 0 Å². The molecule has 1 saturated heterocycles. The SMILES string of the molecule is COc1cccc(N2CC[NH+](CC(=O)Nc3ccccc3SC)CC2)c1. The number of carbonyl (C=O) groups excluding carboxylic acids is 1. The number of methoxy groups -OCH3 is 1. The number of benzene rings is 2. The van der Waals surface area contributed by atoms with Gasteiger partial charge in [-0.25, -0.2) is 0 Å². The van der Waals surface area contributed by atoms with Gasteiger partial charge in [0, 0.05) is 16.6 Å². The smallest absolute Gasteiger partial charge is 0.279 e.